The first-order chi connectivity index (χ1) is 12.4. The van der Waals surface area contributed by atoms with Crippen molar-refractivity contribution in [1.82, 2.24) is 24.8 Å². The Labute approximate surface area is 146 Å². The van der Waals surface area contributed by atoms with Gasteiger partial charge in [0.1, 0.15) is 0 Å². The molecule has 0 saturated carbocycles. The Morgan fingerprint density at radius 3 is 2.40 bits per heavy atom. The number of para-hydroxylation sites is 2. The topological polar surface area (TPSA) is 64.2 Å². The summed E-state index contributed by atoms with van der Waals surface area (Å²) in [5.41, 5.74) is 2.15. The van der Waals surface area contributed by atoms with Gasteiger partial charge in [-0.15, -0.1) is 0 Å². The molecule has 1 aromatic carbocycles. The van der Waals surface area contributed by atoms with Gasteiger partial charge in [-0.25, -0.2) is 15.0 Å². The normalized spacial score (nSPS) is 19.4. The Morgan fingerprint density at radius 1 is 0.880 bits per heavy atom. The van der Waals surface area contributed by atoms with Crippen LogP contribution < -0.4 is 9.80 Å². The van der Waals surface area contributed by atoms with E-state index in [1.807, 2.05) is 30.6 Å². The highest BCUT2D eigenvalue weighted by atomic mass is 15.4. The van der Waals surface area contributed by atoms with E-state index in [2.05, 4.69) is 41.8 Å². The first-order valence-corrected chi connectivity index (χ1v) is 8.82. The van der Waals surface area contributed by atoms with Crippen LogP contribution >= 0.6 is 0 Å². The molecule has 0 spiro atoms. The van der Waals surface area contributed by atoms with Crippen LogP contribution in [0.25, 0.3) is 11.0 Å². The second-order valence-electron chi connectivity index (χ2n) is 6.71. The van der Waals surface area contributed by atoms with Crippen LogP contribution in [0, 0.1) is 0 Å². The maximum Gasteiger partial charge on any atom is 0.225 e. The van der Waals surface area contributed by atoms with E-state index < -0.39 is 0 Å². The minimum Gasteiger partial charge on any atom is -0.339 e. The minimum atomic E-state index is 0.618. The second kappa shape index (κ2) is 6.00. The van der Waals surface area contributed by atoms with Crippen LogP contribution in [0.3, 0.4) is 0 Å². The van der Waals surface area contributed by atoms with E-state index in [1.165, 1.54) is 0 Å². The summed E-state index contributed by atoms with van der Waals surface area (Å²) < 4.78 is 0. The van der Waals surface area contributed by atoms with Gasteiger partial charge in [0.2, 0.25) is 11.9 Å². The molecule has 4 heterocycles. The maximum absolute atomic E-state index is 4.69. The number of fused-ring (bicyclic) bond motifs is 1. The SMILES string of the molecule is c1cnc(N2CCN(C3CN(c4nc5ccccc5[nH]4)C3)CC2)nc1. The number of piperazine rings is 1. The number of benzene rings is 1. The van der Waals surface area contributed by atoms with Gasteiger partial charge in [-0.2, -0.15) is 0 Å². The van der Waals surface area contributed by atoms with Crippen molar-refractivity contribution in [3.8, 4) is 0 Å². The smallest absolute Gasteiger partial charge is 0.225 e. The van der Waals surface area contributed by atoms with Gasteiger partial charge in [0.15, 0.2) is 0 Å². The number of hydrogen-bond acceptors (Lipinski definition) is 6. The fourth-order valence-electron chi connectivity index (χ4n) is 3.69. The number of hydrogen-bond donors (Lipinski definition) is 1. The highest BCUT2D eigenvalue weighted by Crippen LogP contribution is 2.24. The number of rotatable bonds is 3. The van der Waals surface area contributed by atoms with Crippen LogP contribution in [-0.2, 0) is 0 Å². The molecule has 0 amide bonds. The summed E-state index contributed by atoms with van der Waals surface area (Å²) in [7, 11) is 0. The molecule has 2 aliphatic rings. The van der Waals surface area contributed by atoms with Gasteiger partial charge in [-0.1, -0.05) is 12.1 Å². The van der Waals surface area contributed by atoms with Gasteiger partial charge in [0, 0.05) is 57.7 Å². The molecule has 2 aliphatic heterocycles. The summed E-state index contributed by atoms with van der Waals surface area (Å²) in [5.74, 6) is 1.84. The molecule has 0 unspecified atom stereocenters. The molecule has 0 radical (unpaired) electrons. The summed E-state index contributed by atoms with van der Waals surface area (Å²) in [4.78, 5) is 24.0. The zero-order valence-corrected chi connectivity index (χ0v) is 14.0. The van der Waals surface area contributed by atoms with E-state index in [0.717, 1.165) is 62.2 Å². The standard InChI is InChI=1S/C18H21N7/c1-2-5-16-15(4-1)21-18(22-16)25-12-14(13-25)23-8-10-24(11-9-23)17-19-6-3-7-20-17/h1-7,14H,8-13H2,(H,21,22). The fraction of sp³-hybridized carbons (Fsp3) is 0.389. The predicted molar refractivity (Wildman–Crippen MR) is 97.9 cm³/mol. The van der Waals surface area contributed by atoms with Gasteiger partial charge in [-0.3, -0.25) is 4.90 Å². The largest absolute Gasteiger partial charge is 0.339 e. The van der Waals surface area contributed by atoms with Crippen molar-refractivity contribution in [2.75, 3.05) is 49.1 Å². The molecule has 3 aromatic rings. The lowest BCUT2D eigenvalue weighted by atomic mass is 10.1. The molecule has 0 atom stereocenters. The molecule has 0 aliphatic carbocycles. The van der Waals surface area contributed by atoms with E-state index in [9.17, 15) is 0 Å². The number of nitrogens with one attached hydrogen (secondary N) is 1. The number of imidazole rings is 1. The van der Waals surface area contributed by atoms with Crippen molar-refractivity contribution in [1.29, 1.82) is 0 Å². The number of aromatic amines is 1. The van der Waals surface area contributed by atoms with Crippen LogP contribution in [0.5, 0.6) is 0 Å². The highest BCUT2D eigenvalue weighted by Gasteiger charge is 2.35. The lowest BCUT2D eigenvalue weighted by Gasteiger charge is -2.48. The van der Waals surface area contributed by atoms with Crippen molar-refractivity contribution in [2.24, 2.45) is 0 Å². The number of aromatic nitrogens is 4. The van der Waals surface area contributed by atoms with Crippen LogP contribution in [0.2, 0.25) is 0 Å². The van der Waals surface area contributed by atoms with Crippen molar-refractivity contribution >= 4 is 22.9 Å². The Balaban J connectivity index is 1.18. The van der Waals surface area contributed by atoms with Crippen LogP contribution in [0.15, 0.2) is 42.7 Å². The molecular formula is C18H21N7. The molecule has 0 bridgehead atoms. The summed E-state index contributed by atoms with van der Waals surface area (Å²) in [6.45, 7) is 6.20. The third-order valence-electron chi connectivity index (χ3n) is 5.20. The summed E-state index contributed by atoms with van der Waals surface area (Å²) >= 11 is 0. The Hall–Kier alpha value is -2.67. The predicted octanol–water partition coefficient (Wildman–Crippen LogP) is 1.36. The zero-order valence-electron chi connectivity index (χ0n) is 14.0. The second-order valence-corrected chi connectivity index (χ2v) is 6.71. The maximum atomic E-state index is 4.69. The summed E-state index contributed by atoms with van der Waals surface area (Å²) in [5, 5.41) is 0. The van der Waals surface area contributed by atoms with Gasteiger partial charge in [-0.05, 0) is 18.2 Å². The monoisotopic (exact) mass is 335 g/mol. The molecule has 25 heavy (non-hydrogen) atoms. The van der Waals surface area contributed by atoms with Crippen molar-refractivity contribution in [3.05, 3.63) is 42.7 Å². The number of nitrogens with zero attached hydrogens (tertiary/aromatic N) is 6. The molecular weight excluding hydrogens is 314 g/mol. The third kappa shape index (κ3) is 2.70. The van der Waals surface area contributed by atoms with Gasteiger partial charge in [0.25, 0.3) is 0 Å². The van der Waals surface area contributed by atoms with Gasteiger partial charge in [0.05, 0.1) is 11.0 Å². The highest BCUT2D eigenvalue weighted by molar-refractivity contribution is 5.77. The Morgan fingerprint density at radius 2 is 1.64 bits per heavy atom. The molecule has 2 fully saturated rings. The number of anilines is 2. The van der Waals surface area contributed by atoms with Gasteiger partial charge < -0.3 is 14.8 Å². The van der Waals surface area contributed by atoms with Gasteiger partial charge >= 0.3 is 0 Å². The molecule has 2 saturated heterocycles. The lowest BCUT2D eigenvalue weighted by molar-refractivity contribution is 0.156. The average molecular weight is 335 g/mol. The van der Waals surface area contributed by atoms with Crippen molar-refractivity contribution < 1.29 is 0 Å². The molecule has 5 rings (SSSR count). The quantitative estimate of drug-likeness (QED) is 0.780. The molecule has 7 nitrogen and oxygen atoms in total. The zero-order chi connectivity index (χ0) is 16.6. The first-order valence-electron chi connectivity index (χ1n) is 8.82. The number of H-pyrrole nitrogens is 1. The Kier molecular flexibility index (Phi) is 3.52. The fourth-order valence-corrected chi connectivity index (χ4v) is 3.69. The van der Waals surface area contributed by atoms with Crippen LogP contribution in [0.4, 0.5) is 11.9 Å². The summed E-state index contributed by atoms with van der Waals surface area (Å²) in [6, 6.07) is 10.7. The third-order valence-corrected chi connectivity index (χ3v) is 5.20. The van der Waals surface area contributed by atoms with E-state index in [1.54, 1.807) is 0 Å². The lowest BCUT2D eigenvalue weighted by Crippen LogP contribution is -2.63. The average Bonchev–Trinajstić information content (AvgIpc) is 3.05. The van der Waals surface area contributed by atoms with Crippen LogP contribution in [0.1, 0.15) is 0 Å². The van der Waals surface area contributed by atoms with E-state index in [-0.39, 0.29) is 0 Å². The molecule has 2 aromatic heterocycles. The molecule has 128 valence electrons. The first kappa shape index (κ1) is 14.7. The van der Waals surface area contributed by atoms with E-state index >= 15 is 0 Å². The summed E-state index contributed by atoms with van der Waals surface area (Å²) in [6.07, 6.45) is 3.62. The molecule has 7 heteroatoms. The van der Waals surface area contributed by atoms with E-state index in [4.69, 9.17) is 4.98 Å². The minimum absolute atomic E-state index is 0.618. The van der Waals surface area contributed by atoms with Crippen molar-refractivity contribution in [2.45, 2.75) is 6.04 Å². The Bertz CT molecular complexity index is 815. The van der Waals surface area contributed by atoms with Crippen LogP contribution in [-0.4, -0.2) is 70.1 Å². The molecule has 1 N–H and O–H groups in total. The van der Waals surface area contributed by atoms with Crippen molar-refractivity contribution in [3.63, 3.8) is 0 Å². The van der Waals surface area contributed by atoms with E-state index in [0.29, 0.717) is 6.04 Å².